The van der Waals surface area contributed by atoms with Crippen molar-refractivity contribution in [2.45, 2.75) is 57.6 Å². The molecule has 3 rings (SSSR count). The fourth-order valence-electron chi connectivity index (χ4n) is 4.83. The van der Waals surface area contributed by atoms with Crippen molar-refractivity contribution in [1.82, 2.24) is 19.6 Å². The minimum absolute atomic E-state index is 0.0104. The molecule has 0 bridgehead atoms. The van der Waals surface area contributed by atoms with E-state index in [4.69, 9.17) is 9.47 Å². The lowest BCUT2D eigenvalue weighted by Crippen LogP contribution is -2.60. The zero-order chi connectivity index (χ0) is 31.7. The van der Waals surface area contributed by atoms with Crippen molar-refractivity contribution in [2.24, 2.45) is 11.8 Å². The van der Waals surface area contributed by atoms with E-state index in [9.17, 15) is 23.1 Å². The molecule has 43 heavy (non-hydrogen) atoms. The number of ether oxygens (including phenoxy) is 2. The first-order valence-electron chi connectivity index (χ1n) is 14.7. The average Bonchev–Trinajstić information content (AvgIpc) is 2.93. The van der Waals surface area contributed by atoms with Gasteiger partial charge in [0.15, 0.2) is 11.5 Å². The topological polar surface area (TPSA) is 129 Å². The van der Waals surface area contributed by atoms with Crippen LogP contribution >= 0.6 is 0 Å². The number of aliphatic hydroxyl groups excluding tert-OH is 1. The van der Waals surface area contributed by atoms with Crippen LogP contribution in [-0.2, 0) is 26.0 Å². The number of hydrogen-bond acceptors (Lipinski definition) is 8. The molecule has 238 valence electrons. The van der Waals surface area contributed by atoms with E-state index in [1.165, 1.54) is 21.4 Å². The van der Waals surface area contributed by atoms with Gasteiger partial charge in [0.2, 0.25) is 15.9 Å². The molecule has 1 heterocycles. The van der Waals surface area contributed by atoms with Gasteiger partial charge in [-0.3, -0.25) is 15.0 Å². The lowest BCUT2D eigenvalue weighted by molar-refractivity contribution is -0.148. The number of rotatable bonds is 14. The van der Waals surface area contributed by atoms with Crippen LogP contribution in [0.1, 0.15) is 39.7 Å². The van der Waals surface area contributed by atoms with Crippen molar-refractivity contribution in [1.29, 1.82) is 0 Å². The SMILES string of the molecule is CC(C)CC(=O)N(NC(=O)CN(C)C)C(Cc1ccccc1)[C@H](O)CN(CC(C)C)S(=O)(=O)c1ccc2c(c1)OCCO2. The van der Waals surface area contributed by atoms with Crippen molar-refractivity contribution in [3.8, 4) is 11.5 Å². The number of carbonyl (C=O) groups is 2. The fourth-order valence-corrected chi connectivity index (χ4v) is 6.47. The van der Waals surface area contributed by atoms with E-state index in [2.05, 4.69) is 5.43 Å². The number of fused-ring (bicyclic) bond motifs is 1. The lowest BCUT2D eigenvalue weighted by atomic mass is 9.99. The molecular weight excluding hydrogens is 572 g/mol. The van der Waals surface area contributed by atoms with Crippen LogP contribution in [0.3, 0.4) is 0 Å². The van der Waals surface area contributed by atoms with Crippen LogP contribution in [0, 0.1) is 11.8 Å². The monoisotopic (exact) mass is 618 g/mol. The maximum Gasteiger partial charge on any atom is 0.252 e. The molecule has 1 unspecified atom stereocenters. The fraction of sp³-hybridized carbons (Fsp3) is 0.548. The Balaban J connectivity index is 2.00. The molecule has 1 aliphatic rings. The Bertz CT molecular complexity index is 1320. The van der Waals surface area contributed by atoms with Gasteiger partial charge in [0, 0.05) is 25.6 Å². The number of nitrogens with one attached hydrogen (secondary N) is 1. The molecule has 2 aromatic carbocycles. The Morgan fingerprint density at radius 1 is 0.930 bits per heavy atom. The molecule has 12 heteroatoms. The molecule has 0 spiro atoms. The third-order valence-corrected chi connectivity index (χ3v) is 8.56. The summed E-state index contributed by atoms with van der Waals surface area (Å²) in [4.78, 5) is 28.1. The summed E-state index contributed by atoms with van der Waals surface area (Å²) in [7, 11) is -0.617. The number of nitrogens with zero attached hydrogens (tertiary/aromatic N) is 3. The number of hydrazine groups is 1. The Morgan fingerprint density at radius 2 is 1.58 bits per heavy atom. The second-order valence-corrected chi connectivity index (χ2v) is 13.9. The van der Waals surface area contributed by atoms with Gasteiger partial charge in [0.05, 0.1) is 23.6 Å². The average molecular weight is 619 g/mol. The number of sulfonamides is 1. The standard InChI is InChI=1S/C31H46N4O7S/c1-22(2)16-31(38)35(32-30(37)21-33(5)6)26(17-24-10-8-7-9-11-24)27(36)20-34(19-23(3)4)43(39,40)25-12-13-28-29(18-25)42-15-14-41-28/h7-13,18,22-23,26-27,36H,14-17,19-21H2,1-6H3,(H,32,37)/t26?,27-/m1/s1. The van der Waals surface area contributed by atoms with Crippen LogP contribution in [0.4, 0.5) is 0 Å². The van der Waals surface area contributed by atoms with E-state index in [-0.39, 0.29) is 55.1 Å². The highest BCUT2D eigenvalue weighted by Gasteiger charge is 2.36. The van der Waals surface area contributed by atoms with E-state index < -0.39 is 28.1 Å². The van der Waals surface area contributed by atoms with Gasteiger partial charge in [-0.1, -0.05) is 58.0 Å². The van der Waals surface area contributed by atoms with Crippen LogP contribution in [0.15, 0.2) is 53.4 Å². The van der Waals surface area contributed by atoms with Crippen LogP contribution in [-0.4, -0.2) is 98.6 Å². The first kappa shape index (κ1) is 34.3. The van der Waals surface area contributed by atoms with Gasteiger partial charge in [0.1, 0.15) is 13.2 Å². The number of likely N-dealkylation sites (N-methyl/N-ethyl adjacent to an activating group) is 1. The number of aliphatic hydroxyl groups is 1. The van der Waals surface area contributed by atoms with Gasteiger partial charge >= 0.3 is 0 Å². The molecule has 2 atom stereocenters. The molecule has 0 aromatic heterocycles. The molecule has 2 N–H and O–H groups in total. The largest absolute Gasteiger partial charge is 0.486 e. The second-order valence-electron chi connectivity index (χ2n) is 12.0. The summed E-state index contributed by atoms with van der Waals surface area (Å²) >= 11 is 0. The van der Waals surface area contributed by atoms with Crippen molar-refractivity contribution in [3.05, 3.63) is 54.1 Å². The van der Waals surface area contributed by atoms with Crippen LogP contribution < -0.4 is 14.9 Å². The highest BCUT2D eigenvalue weighted by molar-refractivity contribution is 7.89. The second kappa shape index (κ2) is 15.5. The predicted molar refractivity (Wildman–Crippen MR) is 164 cm³/mol. The third kappa shape index (κ3) is 9.92. The molecule has 0 aliphatic carbocycles. The minimum atomic E-state index is -4.09. The number of hydrogen-bond donors (Lipinski definition) is 2. The molecule has 0 fully saturated rings. The quantitative estimate of drug-likeness (QED) is 0.309. The van der Waals surface area contributed by atoms with Crippen LogP contribution in [0.25, 0.3) is 0 Å². The van der Waals surface area contributed by atoms with Gasteiger partial charge in [-0.25, -0.2) is 13.4 Å². The van der Waals surface area contributed by atoms with Gasteiger partial charge in [-0.15, -0.1) is 0 Å². The number of amides is 2. The summed E-state index contributed by atoms with van der Waals surface area (Å²) < 4.78 is 40.4. The molecule has 0 saturated heterocycles. The summed E-state index contributed by atoms with van der Waals surface area (Å²) in [6.45, 7) is 8.10. The van der Waals surface area contributed by atoms with E-state index in [1.807, 2.05) is 58.0 Å². The summed E-state index contributed by atoms with van der Waals surface area (Å²) in [6.07, 6.45) is -1.03. The normalized spacial score (nSPS) is 14.7. The zero-order valence-corrected chi connectivity index (χ0v) is 26.8. The van der Waals surface area contributed by atoms with E-state index in [1.54, 1.807) is 25.1 Å². The van der Waals surface area contributed by atoms with Crippen molar-refractivity contribution < 1.29 is 32.6 Å². The third-order valence-electron chi connectivity index (χ3n) is 6.73. The number of carbonyl (C=O) groups excluding carboxylic acids is 2. The molecular formula is C31H46N4O7S. The summed E-state index contributed by atoms with van der Waals surface area (Å²) in [6, 6.07) is 12.8. The first-order valence-corrected chi connectivity index (χ1v) is 16.1. The maximum absolute atomic E-state index is 14.0. The Labute approximate surface area is 255 Å². The van der Waals surface area contributed by atoms with E-state index in [0.29, 0.717) is 24.7 Å². The van der Waals surface area contributed by atoms with Crippen LogP contribution in [0.5, 0.6) is 11.5 Å². The van der Waals surface area contributed by atoms with Gasteiger partial charge in [0.25, 0.3) is 5.91 Å². The summed E-state index contributed by atoms with van der Waals surface area (Å²) in [5.74, 6) is -0.0549. The summed E-state index contributed by atoms with van der Waals surface area (Å²) in [5.41, 5.74) is 3.54. The highest BCUT2D eigenvalue weighted by atomic mass is 32.2. The predicted octanol–water partition coefficient (Wildman–Crippen LogP) is 2.54. The van der Waals surface area contributed by atoms with Crippen LogP contribution in [0.2, 0.25) is 0 Å². The maximum atomic E-state index is 14.0. The smallest absolute Gasteiger partial charge is 0.252 e. The van der Waals surface area contributed by atoms with Gasteiger partial charge in [-0.2, -0.15) is 4.31 Å². The number of benzene rings is 2. The molecule has 1 aliphatic heterocycles. The zero-order valence-electron chi connectivity index (χ0n) is 26.0. The van der Waals surface area contributed by atoms with E-state index >= 15 is 0 Å². The minimum Gasteiger partial charge on any atom is -0.486 e. The van der Waals surface area contributed by atoms with Gasteiger partial charge < -0.3 is 19.5 Å². The summed E-state index contributed by atoms with van der Waals surface area (Å²) in [5, 5.41) is 13.0. The Morgan fingerprint density at radius 3 is 2.19 bits per heavy atom. The Kier molecular flexibility index (Phi) is 12.4. The van der Waals surface area contributed by atoms with Crippen molar-refractivity contribution >= 4 is 21.8 Å². The molecule has 0 radical (unpaired) electrons. The highest BCUT2D eigenvalue weighted by Crippen LogP contribution is 2.33. The van der Waals surface area contributed by atoms with Crippen molar-refractivity contribution in [2.75, 3.05) is 46.9 Å². The lowest BCUT2D eigenvalue weighted by Gasteiger charge is -2.37. The molecule has 2 aromatic rings. The van der Waals surface area contributed by atoms with E-state index in [0.717, 1.165) is 5.56 Å². The van der Waals surface area contributed by atoms with Crippen molar-refractivity contribution in [3.63, 3.8) is 0 Å². The molecule has 0 saturated carbocycles. The molecule has 11 nitrogen and oxygen atoms in total. The first-order chi connectivity index (χ1) is 20.3. The Hall–Kier alpha value is -3.19. The molecule has 2 amide bonds. The van der Waals surface area contributed by atoms with Gasteiger partial charge in [-0.05, 0) is 50.0 Å².